The maximum atomic E-state index is 12.3. The first kappa shape index (κ1) is 16.0. The molecule has 2 nitrogen and oxygen atoms in total. The number of hydrogen-bond acceptors (Lipinski definition) is 2. The van der Waals surface area contributed by atoms with Crippen LogP contribution in [0.15, 0.2) is 103 Å². The van der Waals surface area contributed by atoms with Crippen LogP contribution in [0.2, 0.25) is 0 Å². The number of aliphatic hydroxyl groups is 1. The van der Waals surface area contributed by atoms with Crippen LogP contribution in [0.5, 0.6) is 0 Å². The summed E-state index contributed by atoms with van der Waals surface area (Å²) in [5.74, 6) is -0.220. The summed E-state index contributed by atoms with van der Waals surface area (Å²) in [4.78, 5) is 4.57. The standard InChI is InChI=1S/C25H19NO/c27-25(18-10-2-1-3-11-18,23-16-8-9-17-26-23)24-21-14-6-4-12-19(21)20-13-5-7-15-22(20)24/h1-17,24,27H. The van der Waals surface area contributed by atoms with Gasteiger partial charge in [-0.05, 0) is 39.9 Å². The summed E-state index contributed by atoms with van der Waals surface area (Å²) in [5, 5.41) is 12.3. The fourth-order valence-electron chi connectivity index (χ4n) is 4.35. The summed E-state index contributed by atoms with van der Waals surface area (Å²) >= 11 is 0. The van der Waals surface area contributed by atoms with Crippen molar-refractivity contribution >= 4 is 0 Å². The van der Waals surface area contributed by atoms with Gasteiger partial charge in [0.25, 0.3) is 0 Å². The third kappa shape index (κ3) is 2.34. The van der Waals surface area contributed by atoms with Crippen molar-refractivity contribution in [1.82, 2.24) is 4.98 Å². The van der Waals surface area contributed by atoms with E-state index in [-0.39, 0.29) is 5.92 Å². The number of rotatable bonds is 3. The van der Waals surface area contributed by atoms with Crippen molar-refractivity contribution in [2.75, 3.05) is 0 Å². The molecule has 1 atom stereocenters. The van der Waals surface area contributed by atoms with Gasteiger partial charge in [-0.3, -0.25) is 4.98 Å². The largest absolute Gasteiger partial charge is 0.378 e. The molecule has 0 bridgehead atoms. The molecule has 27 heavy (non-hydrogen) atoms. The molecule has 1 heterocycles. The van der Waals surface area contributed by atoms with Crippen molar-refractivity contribution < 1.29 is 5.11 Å². The number of nitrogens with zero attached hydrogens (tertiary/aromatic N) is 1. The lowest BCUT2D eigenvalue weighted by molar-refractivity contribution is 0.0593. The molecule has 5 rings (SSSR count). The Kier molecular flexibility index (Phi) is 3.66. The van der Waals surface area contributed by atoms with E-state index in [1.165, 1.54) is 11.1 Å². The number of aromatic nitrogens is 1. The number of benzene rings is 3. The summed E-state index contributed by atoms with van der Waals surface area (Å²) in [6.45, 7) is 0. The second-order valence-electron chi connectivity index (χ2n) is 6.95. The van der Waals surface area contributed by atoms with Gasteiger partial charge in [-0.15, -0.1) is 0 Å². The van der Waals surface area contributed by atoms with E-state index in [0.29, 0.717) is 5.69 Å². The van der Waals surface area contributed by atoms with E-state index in [0.717, 1.165) is 16.7 Å². The molecule has 2 heteroatoms. The Balaban J connectivity index is 1.84. The molecule has 1 unspecified atom stereocenters. The Hall–Kier alpha value is -3.23. The van der Waals surface area contributed by atoms with Crippen molar-refractivity contribution in [3.63, 3.8) is 0 Å². The molecule has 130 valence electrons. The number of fused-ring (bicyclic) bond motifs is 3. The summed E-state index contributed by atoms with van der Waals surface area (Å²) < 4.78 is 0. The predicted molar refractivity (Wildman–Crippen MR) is 107 cm³/mol. The molecular formula is C25H19NO. The maximum absolute atomic E-state index is 12.3. The molecule has 0 saturated carbocycles. The van der Waals surface area contributed by atoms with Crippen molar-refractivity contribution in [3.05, 3.63) is 126 Å². The van der Waals surface area contributed by atoms with E-state index >= 15 is 0 Å². The first-order chi connectivity index (χ1) is 13.3. The molecule has 3 aromatic carbocycles. The smallest absolute Gasteiger partial charge is 0.142 e. The third-order valence-electron chi connectivity index (χ3n) is 5.52. The lowest BCUT2D eigenvalue weighted by Gasteiger charge is -2.35. The van der Waals surface area contributed by atoms with Gasteiger partial charge in [0.05, 0.1) is 5.69 Å². The Morgan fingerprint density at radius 2 is 1.19 bits per heavy atom. The first-order valence-corrected chi connectivity index (χ1v) is 9.18. The lowest BCUT2D eigenvalue weighted by atomic mass is 9.73. The van der Waals surface area contributed by atoms with Crippen molar-refractivity contribution in [2.45, 2.75) is 11.5 Å². The van der Waals surface area contributed by atoms with Gasteiger partial charge >= 0.3 is 0 Å². The van der Waals surface area contributed by atoms with E-state index in [4.69, 9.17) is 0 Å². The zero-order valence-corrected chi connectivity index (χ0v) is 14.8. The molecule has 1 aliphatic rings. The predicted octanol–water partition coefficient (Wildman–Crippen LogP) is 5.13. The topological polar surface area (TPSA) is 33.1 Å². The first-order valence-electron chi connectivity index (χ1n) is 9.18. The highest BCUT2D eigenvalue weighted by molar-refractivity contribution is 5.80. The molecule has 0 radical (unpaired) electrons. The fraction of sp³-hybridized carbons (Fsp3) is 0.0800. The summed E-state index contributed by atoms with van der Waals surface area (Å²) in [5.41, 5.74) is 4.89. The van der Waals surface area contributed by atoms with Gasteiger partial charge in [0.15, 0.2) is 0 Å². The molecule has 0 saturated heterocycles. The minimum absolute atomic E-state index is 0.220. The van der Waals surface area contributed by atoms with Gasteiger partial charge in [0.2, 0.25) is 0 Å². The molecule has 4 aromatic rings. The molecule has 0 fully saturated rings. The van der Waals surface area contributed by atoms with Gasteiger partial charge in [-0.25, -0.2) is 0 Å². The van der Waals surface area contributed by atoms with Crippen molar-refractivity contribution in [2.24, 2.45) is 0 Å². The van der Waals surface area contributed by atoms with Gasteiger partial charge in [-0.2, -0.15) is 0 Å². The highest BCUT2D eigenvalue weighted by atomic mass is 16.3. The maximum Gasteiger partial charge on any atom is 0.142 e. The van der Waals surface area contributed by atoms with E-state index in [2.05, 4.69) is 41.4 Å². The SMILES string of the molecule is OC(c1ccccc1)(c1ccccn1)C1c2ccccc2-c2ccccc21. The van der Waals surface area contributed by atoms with Crippen LogP contribution in [-0.2, 0) is 5.60 Å². The van der Waals surface area contributed by atoms with Crippen LogP contribution >= 0.6 is 0 Å². The van der Waals surface area contributed by atoms with Gasteiger partial charge in [-0.1, -0.05) is 84.9 Å². The van der Waals surface area contributed by atoms with E-state index < -0.39 is 5.60 Å². The van der Waals surface area contributed by atoms with Gasteiger partial charge < -0.3 is 5.11 Å². The van der Waals surface area contributed by atoms with Crippen LogP contribution in [0.4, 0.5) is 0 Å². The highest BCUT2D eigenvalue weighted by Gasteiger charge is 2.47. The van der Waals surface area contributed by atoms with Gasteiger partial charge in [0.1, 0.15) is 5.60 Å². The van der Waals surface area contributed by atoms with E-state index in [9.17, 15) is 5.11 Å². The number of hydrogen-bond donors (Lipinski definition) is 1. The molecule has 0 aliphatic heterocycles. The molecular weight excluding hydrogens is 330 g/mol. The Morgan fingerprint density at radius 1 is 0.630 bits per heavy atom. The molecule has 0 amide bonds. The minimum atomic E-state index is -1.26. The summed E-state index contributed by atoms with van der Waals surface area (Å²) in [6.07, 6.45) is 1.75. The van der Waals surface area contributed by atoms with Crippen molar-refractivity contribution in [3.8, 4) is 11.1 Å². The summed E-state index contributed by atoms with van der Waals surface area (Å²) in [7, 11) is 0. The molecule has 0 spiro atoms. The lowest BCUT2D eigenvalue weighted by Crippen LogP contribution is -2.35. The highest BCUT2D eigenvalue weighted by Crippen LogP contribution is 2.54. The van der Waals surface area contributed by atoms with E-state index in [1.807, 2.05) is 60.7 Å². The van der Waals surface area contributed by atoms with Crippen LogP contribution < -0.4 is 0 Å². The summed E-state index contributed by atoms with van der Waals surface area (Å²) in [6, 6.07) is 32.3. The Bertz CT molecular complexity index is 1000. The third-order valence-corrected chi connectivity index (χ3v) is 5.52. The van der Waals surface area contributed by atoms with Crippen LogP contribution in [0.25, 0.3) is 11.1 Å². The minimum Gasteiger partial charge on any atom is -0.378 e. The average Bonchev–Trinajstić information content (AvgIpc) is 3.09. The molecule has 1 aromatic heterocycles. The van der Waals surface area contributed by atoms with Crippen molar-refractivity contribution in [1.29, 1.82) is 0 Å². The number of pyridine rings is 1. The zero-order chi connectivity index (χ0) is 18.3. The monoisotopic (exact) mass is 349 g/mol. The zero-order valence-electron chi connectivity index (χ0n) is 14.8. The fourth-order valence-corrected chi connectivity index (χ4v) is 4.35. The normalized spacial score (nSPS) is 15.0. The Morgan fingerprint density at radius 3 is 1.78 bits per heavy atom. The van der Waals surface area contributed by atoms with Crippen LogP contribution in [0, 0.1) is 0 Å². The quantitative estimate of drug-likeness (QED) is 0.556. The average molecular weight is 349 g/mol. The Labute approximate surface area is 158 Å². The second kappa shape index (κ2) is 6.19. The van der Waals surface area contributed by atoms with Crippen LogP contribution in [0.1, 0.15) is 28.3 Å². The van der Waals surface area contributed by atoms with Crippen LogP contribution in [0.3, 0.4) is 0 Å². The van der Waals surface area contributed by atoms with Gasteiger partial charge in [0, 0.05) is 12.1 Å². The molecule has 1 N–H and O–H groups in total. The van der Waals surface area contributed by atoms with Crippen LogP contribution in [-0.4, -0.2) is 10.1 Å². The second-order valence-corrected chi connectivity index (χ2v) is 6.95. The van der Waals surface area contributed by atoms with E-state index in [1.54, 1.807) is 6.20 Å². The molecule has 1 aliphatic carbocycles.